The highest BCUT2D eigenvalue weighted by Gasteiger charge is 2.09. The van der Waals surface area contributed by atoms with Crippen LogP contribution in [0.3, 0.4) is 0 Å². The Hall–Kier alpha value is -2.31. The van der Waals surface area contributed by atoms with E-state index in [9.17, 15) is 0 Å². The van der Waals surface area contributed by atoms with Crippen molar-refractivity contribution in [3.8, 4) is 0 Å². The zero-order valence-electron chi connectivity index (χ0n) is 10.6. The number of oxazole rings is 1. The topological polar surface area (TPSA) is 77.0 Å². The van der Waals surface area contributed by atoms with Gasteiger partial charge in [-0.3, -0.25) is 5.32 Å². The second kappa shape index (κ2) is 4.61. The highest BCUT2D eigenvalue weighted by Crippen LogP contribution is 2.30. The lowest BCUT2D eigenvalue weighted by atomic mass is 10.3. The maximum Gasteiger partial charge on any atom is 0.302 e. The number of halogens is 1. The molecule has 2 aromatic heterocycles. The number of hydrogen-bond acceptors (Lipinski definition) is 6. The molecule has 5 nitrogen and oxygen atoms in total. The first-order valence-electron chi connectivity index (χ1n) is 6.16. The van der Waals surface area contributed by atoms with Crippen molar-refractivity contribution in [1.29, 1.82) is 0 Å². The first-order chi connectivity index (χ1) is 10.2. The predicted octanol–water partition coefficient (Wildman–Crippen LogP) is 4.42. The molecule has 4 rings (SSSR count). The molecule has 2 aromatic carbocycles. The molecule has 0 aliphatic rings. The van der Waals surface area contributed by atoms with Crippen molar-refractivity contribution < 1.29 is 4.42 Å². The second-order valence-corrected chi connectivity index (χ2v) is 5.97. The predicted molar refractivity (Wildman–Crippen MR) is 86.3 cm³/mol. The smallest absolute Gasteiger partial charge is 0.302 e. The first kappa shape index (κ1) is 12.4. The van der Waals surface area contributed by atoms with Crippen molar-refractivity contribution in [3.63, 3.8) is 0 Å². The minimum absolute atomic E-state index is 0.388. The molecule has 2 heterocycles. The Labute approximate surface area is 128 Å². The number of nitrogens with one attached hydrogen (secondary N) is 1. The zero-order chi connectivity index (χ0) is 14.4. The Morgan fingerprint density at radius 1 is 1.10 bits per heavy atom. The second-order valence-electron chi connectivity index (χ2n) is 4.50. The fourth-order valence-electron chi connectivity index (χ4n) is 2.04. The third-order valence-electron chi connectivity index (χ3n) is 2.98. The Morgan fingerprint density at radius 2 is 2.00 bits per heavy atom. The number of rotatable bonds is 2. The molecule has 0 saturated carbocycles. The van der Waals surface area contributed by atoms with E-state index in [0.717, 1.165) is 10.2 Å². The van der Waals surface area contributed by atoms with E-state index in [0.29, 0.717) is 33.0 Å². The molecule has 7 heteroatoms. The molecule has 0 unspecified atom stereocenters. The van der Waals surface area contributed by atoms with Gasteiger partial charge in [-0.05, 0) is 36.4 Å². The normalized spacial score (nSPS) is 11.3. The van der Waals surface area contributed by atoms with E-state index in [1.54, 1.807) is 18.2 Å². The van der Waals surface area contributed by atoms with Crippen LogP contribution in [0.25, 0.3) is 21.3 Å². The lowest BCUT2D eigenvalue weighted by molar-refractivity contribution is 0.623. The number of benzene rings is 2. The summed E-state index contributed by atoms with van der Waals surface area (Å²) in [6.45, 7) is 0. The van der Waals surface area contributed by atoms with E-state index in [4.69, 9.17) is 21.8 Å². The lowest BCUT2D eigenvalue weighted by Crippen LogP contribution is -1.88. The van der Waals surface area contributed by atoms with Crippen molar-refractivity contribution in [3.05, 3.63) is 41.4 Å². The summed E-state index contributed by atoms with van der Waals surface area (Å²) in [7, 11) is 0. The van der Waals surface area contributed by atoms with Crippen LogP contribution in [-0.2, 0) is 0 Å². The number of fused-ring (bicyclic) bond motifs is 2. The SMILES string of the molecule is Nc1ccc2nc(Nc3nc4cc(Cl)ccc4o3)sc2c1. The summed E-state index contributed by atoms with van der Waals surface area (Å²) >= 11 is 7.42. The van der Waals surface area contributed by atoms with Gasteiger partial charge in [0.1, 0.15) is 5.52 Å². The minimum Gasteiger partial charge on any atom is -0.423 e. The third-order valence-corrected chi connectivity index (χ3v) is 4.14. The molecular weight excluding hydrogens is 308 g/mol. The van der Waals surface area contributed by atoms with Crippen LogP contribution in [0, 0.1) is 0 Å². The van der Waals surface area contributed by atoms with Crippen LogP contribution >= 0.6 is 22.9 Å². The summed E-state index contributed by atoms with van der Waals surface area (Å²) in [4.78, 5) is 8.80. The number of hydrogen-bond donors (Lipinski definition) is 2. The molecule has 21 heavy (non-hydrogen) atoms. The largest absolute Gasteiger partial charge is 0.423 e. The summed E-state index contributed by atoms with van der Waals surface area (Å²) in [5, 5.41) is 4.39. The zero-order valence-corrected chi connectivity index (χ0v) is 12.2. The molecule has 0 amide bonds. The molecule has 4 aromatic rings. The number of thiazole rings is 1. The standard InChI is InChI=1S/C14H9ClN4OS/c15-7-1-4-11-10(5-7)17-13(20-11)19-14-18-9-3-2-8(16)6-12(9)21-14/h1-6H,16H2,(H,17,18,19). The number of anilines is 3. The van der Waals surface area contributed by atoms with E-state index in [1.807, 2.05) is 18.2 Å². The average molecular weight is 317 g/mol. The van der Waals surface area contributed by atoms with Gasteiger partial charge in [-0.2, -0.15) is 4.98 Å². The minimum atomic E-state index is 0.388. The van der Waals surface area contributed by atoms with Gasteiger partial charge in [-0.15, -0.1) is 0 Å². The van der Waals surface area contributed by atoms with Crippen molar-refractivity contribution in [2.24, 2.45) is 0 Å². The summed E-state index contributed by atoms with van der Waals surface area (Å²) < 4.78 is 6.62. The van der Waals surface area contributed by atoms with Crippen molar-refractivity contribution >= 4 is 61.1 Å². The highest BCUT2D eigenvalue weighted by molar-refractivity contribution is 7.22. The van der Waals surface area contributed by atoms with Gasteiger partial charge < -0.3 is 10.2 Å². The monoisotopic (exact) mass is 316 g/mol. The molecule has 0 bridgehead atoms. The Balaban J connectivity index is 1.71. The van der Waals surface area contributed by atoms with Gasteiger partial charge in [-0.1, -0.05) is 22.9 Å². The molecule has 0 spiro atoms. The van der Waals surface area contributed by atoms with Gasteiger partial charge in [0.25, 0.3) is 0 Å². The Morgan fingerprint density at radius 3 is 2.90 bits per heavy atom. The van der Waals surface area contributed by atoms with E-state index < -0.39 is 0 Å². The molecule has 0 aliphatic heterocycles. The number of nitrogen functional groups attached to an aromatic ring is 1. The van der Waals surface area contributed by atoms with Crippen LogP contribution in [0.2, 0.25) is 5.02 Å². The molecule has 3 N–H and O–H groups in total. The Kier molecular flexibility index (Phi) is 2.73. The van der Waals surface area contributed by atoms with Gasteiger partial charge in [0.2, 0.25) is 0 Å². The van der Waals surface area contributed by atoms with Crippen molar-refractivity contribution in [2.45, 2.75) is 0 Å². The van der Waals surface area contributed by atoms with Crippen LogP contribution < -0.4 is 11.1 Å². The maximum absolute atomic E-state index is 5.93. The fourth-order valence-corrected chi connectivity index (χ4v) is 3.11. The summed E-state index contributed by atoms with van der Waals surface area (Å²) in [6.07, 6.45) is 0. The lowest BCUT2D eigenvalue weighted by Gasteiger charge is -1.92. The van der Waals surface area contributed by atoms with E-state index in [1.165, 1.54) is 11.3 Å². The van der Waals surface area contributed by atoms with Gasteiger partial charge >= 0.3 is 6.01 Å². The van der Waals surface area contributed by atoms with Gasteiger partial charge in [0.05, 0.1) is 10.2 Å². The molecule has 0 atom stereocenters. The quantitative estimate of drug-likeness (QED) is 0.535. The van der Waals surface area contributed by atoms with Crippen LogP contribution in [0.4, 0.5) is 16.8 Å². The van der Waals surface area contributed by atoms with Crippen LogP contribution in [0.15, 0.2) is 40.8 Å². The molecular formula is C14H9ClN4OS. The molecule has 0 radical (unpaired) electrons. The summed E-state index contributed by atoms with van der Waals surface area (Å²) in [5.74, 6) is 0. The van der Waals surface area contributed by atoms with E-state index >= 15 is 0 Å². The number of nitrogens with two attached hydrogens (primary N) is 1. The molecule has 104 valence electrons. The number of aromatic nitrogens is 2. The maximum atomic E-state index is 5.93. The van der Waals surface area contributed by atoms with Gasteiger partial charge in [-0.25, -0.2) is 4.98 Å². The van der Waals surface area contributed by atoms with Crippen molar-refractivity contribution in [1.82, 2.24) is 9.97 Å². The molecule has 0 aliphatic carbocycles. The van der Waals surface area contributed by atoms with Crippen molar-refractivity contribution in [2.75, 3.05) is 11.1 Å². The first-order valence-corrected chi connectivity index (χ1v) is 7.36. The van der Waals surface area contributed by atoms with Crippen LogP contribution in [0.5, 0.6) is 0 Å². The van der Waals surface area contributed by atoms with Gasteiger partial charge in [0, 0.05) is 10.7 Å². The van der Waals surface area contributed by atoms with E-state index in [2.05, 4.69) is 15.3 Å². The van der Waals surface area contributed by atoms with E-state index in [-0.39, 0.29) is 0 Å². The van der Waals surface area contributed by atoms with Crippen LogP contribution in [-0.4, -0.2) is 9.97 Å². The highest BCUT2D eigenvalue weighted by atomic mass is 35.5. The average Bonchev–Trinajstić information content (AvgIpc) is 3.00. The fraction of sp³-hybridized carbons (Fsp3) is 0. The Bertz CT molecular complexity index is 884. The third kappa shape index (κ3) is 2.28. The summed E-state index contributed by atoms with van der Waals surface area (Å²) in [6, 6.07) is 11.3. The summed E-state index contributed by atoms with van der Waals surface area (Å²) in [5.41, 5.74) is 8.75. The molecule has 0 fully saturated rings. The number of nitrogens with zero attached hydrogens (tertiary/aromatic N) is 2. The van der Waals surface area contributed by atoms with Gasteiger partial charge in [0.15, 0.2) is 10.7 Å². The molecule has 0 saturated heterocycles. The van der Waals surface area contributed by atoms with Crippen LogP contribution in [0.1, 0.15) is 0 Å².